The topological polar surface area (TPSA) is 35.6 Å². The maximum absolute atomic E-state index is 13.5. The quantitative estimate of drug-likeness (QED) is 0.794. The van der Waals surface area contributed by atoms with Gasteiger partial charge in [-0.25, -0.2) is 4.39 Å². The van der Waals surface area contributed by atoms with E-state index in [1.54, 1.807) is 18.2 Å². The molecule has 1 aliphatic carbocycles. The molecule has 26 heavy (non-hydrogen) atoms. The van der Waals surface area contributed by atoms with E-state index in [0.717, 1.165) is 38.8 Å². The van der Waals surface area contributed by atoms with Gasteiger partial charge < -0.3 is 5.32 Å². The van der Waals surface area contributed by atoms with Gasteiger partial charge in [0, 0.05) is 56.9 Å². The molecule has 1 amide bonds. The third kappa shape index (κ3) is 5.64. The van der Waals surface area contributed by atoms with Gasteiger partial charge >= 0.3 is 0 Å². The predicted molar refractivity (Wildman–Crippen MR) is 103 cm³/mol. The van der Waals surface area contributed by atoms with Crippen LogP contribution < -0.4 is 5.32 Å². The van der Waals surface area contributed by atoms with Crippen LogP contribution in [0.4, 0.5) is 4.39 Å². The largest absolute Gasteiger partial charge is 0.351 e. The van der Waals surface area contributed by atoms with Gasteiger partial charge in [-0.1, -0.05) is 37.5 Å². The molecule has 1 aromatic rings. The fourth-order valence-corrected chi connectivity index (χ4v) is 3.97. The van der Waals surface area contributed by atoms with Crippen LogP contribution in [-0.2, 0) is 4.79 Å². The van der Waals surface area contributed by atoms with Crippen LogP contribution in [0.5, 0.6) is 0 Å². The van der Waals surface area contributed by atoms with E-state index in [1.807, 2.05) is 0 Å². The number of halogens is 1. The van der Waals surface area contributed by atoms with Gasteiger partial charge in [0.1, 0.15) is 5.82 Å². The minimum atomic E-state index is -0.313. The van der Waals surface area contributed by atoms with Gasteiger partial charge in [0.15, 0.2) is 0 Å². The Balaban J connectivity index is 1.32. The molecule has 1 saturated heterocycles. The third-order valence-corrected chi connectivity index (χ3v) is 5.54. The van der Waals surface area contributed by atoms with Crippen molar-refractivity contribution >= 4 is 12.0 Å². The molecule has 4 nitrogen and oxygen atoms in total. The molecule has 0 bridgehead atoms. The Bertz CT molecular complexity index is 605. The number of piperazine rings is 1. The molecule has 0 aromatic heterocycles. The zero-order valence-electron chi connectivity index (χ0n) is 15.5. The number of benzene rings is 1. The average molecular weight is 359 g/mol. The van der Waals surface area contributed by atoms with Crippen LogP contribution in [0.2, 0.25) is 0 Å². The highest BCUT2D eigenvalue weighted by Gasteiger charge is 2.24. The maximum atomic E-state index is 13.5. The lowest BCUT2D eigenvalue weighted by atomic mass is 9.94. The summed E-state index contributed by atoms with van der Waals surface area (Å²) in [6.45, 7) is 5.95. The number of nitrogens with zero attached hydrogens (tertiary/aromatic N) is 2. The van der Waals surface area contributed by atoms with E-state index >= 15 is 0 Å². The molecular weight excluding hydrogens is 329 g/mol. The van der Waals surface area contributed by atoms with Gasteiger partial charge in [-0.15, -0.1) is 0 Å². The molecule has 0 radical (unpaired) electrons. The molecule has 3 rings (SSSR count). The summed E-state index contributed by atoms with van der Waals surface area (Å²) >= 11 is 0. The van der Waals surface area contributed by atoms with Gasteiger partial charge in [0.25, 0.3) is 0 Å². The highest BCUT2D eigenvalue weighted by atomic mass is 19.1. The Morgan fingerprint density at radius 2 is 1.85 bits per heavy atom. The van der Waals surface area contributed by atoms with Crippen LogP contribution >= 0.6 is 0 Å². The number of carbonyl (C=O) groups excluding carboxylic acids is 1. The predicted octanol–water partition coefficient (Wildman–Crippen LogP) is 2.91. The molecule has 2 aliphatic rings. The zero-order valence-corrected chi connectivity index (χ0v) is 15.5. The molecule has 1 saturated carbocycles. The minimum Gasteiger partial charge on any atom is -0.351 e. The molecule has 0 atom stereocenters. The molecule has 0 unspecified atom stereocenters. The summed E-state index contributed by atoms with van der Waals surface area (Å²) in [6.07, 6.45) is 9.83. The second kappa shape index (κ2) is 9.83. The van der Waals surface area contributed by atoms with Crippen LogP contribution in [0, 0.1) is 5.82 Å². The Morgan fingerprint density at radius 1 is 1.12 bits per heavy atom. The monoisotopic (exact) mass is 359 g/mol. The first-order valence-corrected chi connectivity index (χ1v) is 9.89. The van der Waals surface area contributed by atoms with E-state index < -0.39 is 0 Å². The normalized spacial score (nSPS) is 20.5. The van der Waals surface area contributed by atoms with E-state index in [4.69, 9.17) is 0 Å². The van der Waals surface area contributed by atoms with Crippen molar-refractivity contribution in [3.8, 4) is 0 Å². The Kier molecular flexibility index (Phi) is 7.21. The first-order valence-electron chi connectivity index (χ1n) is 9.89. The highest BCUT2D eigenvalue weighted by Crippen LogP contribution is 2.23. The molecule has 1 heterocycles. The van der Waals surface area contributed by atoms with E-state index in [9.17, 15) is 9.18 Å². The number of amides is 1. The van der Waals surface area contributed by atoms with Crippen molar-refractivity contribution in [3.63, 3.8) is 0 Å². The van der Waals surface area contributed by atoms with Crippen molar-refractivity contribution in [2.24, 2.45) is 0 Å². The smallest absolute Gasteiger partial charge is 0.244 e. The van der Waals surface area contributed by atoms with Gasteiger partial charge in [-0.05, 0) is 25.0 Å². The number of nitrogens with one attached hydrogen (secondary N) is 1. The molecule has 142 valence electrons. The molecule has 1 aromatic carbocycles. The summed E-state index contributed by atoms with van der Waals surface area (Å²) in [5, 5.41) is 2.89. The maximum Gasteiger partial charge on any atom is 0.244 e. The fourth-order valence-electron chi connectivity index (χ4n) is 3.97. The van der Waals surface area contributed by atoms with E-state index in [0.29, 0.717) is 12.1 Å². The molecule has 0 spiro atoms. The van der Waals surface area contributed by atoms with E-state index in [-0.39, 0.29) is 11.7 Å². The summed E-state index contributed by atoms with van der Waals surface area (Å²) in [4.78, 5) is 17.0. The second-order valence-electron chi connectivity index (χ2n) is 7.32. The summed E-state index contributed by atoms with van der Waals surface area (Å²) < 4.78 is 13.5. The van der Waals surface area contributed by atoms with Gasteiger partial charge in [-0.2, -0.15) is 0 Å². The fraction of sp³-hybridized carbons (Fsp3) is 0.571. The van der Waals surface area contributed by atoms with Crippen molar-refractivity contribution < 1.29 is 9.18 Å². The summed E-state index contributed by atoms with van der Waals surface area (Å²) in [5.74, 6) is -0.485. The highest BCUT2D eigenvalue weighted by molar-refractivity contribution is 5.91. The van der Waals surface area contributed by atoms with Crippen molar-refractivity contribution in [1.29, 1.82) is 0 Å². The van der Waals surface area contributed by atoms with Gasteiger partial charge in [0.05, 0.1) is 0 Å². The number of hydrogen-bond donors (Lipinski definition) is 1. The Hall–Kier alpha value is -1.72. The van der Waals surface area contributed by atoms with Crippen molar-refractivity contribution in [1.82, 2.24) is 15.1 Å². The lowest BCUT2D eigenvalue weighted by Gasteiger charge is -2.40. The minimum absolute atomic E-state index is 0.172. The van der Waals surface area contributed by atoms with Crippen molar-refractivity contribution in [3.05, 3.63) is 41.7 Å². The number of hydrogen-bond acceptors (Lipinski definition) is 3. The number of carbonyl (C=O) groups is 1. The summed E-state index contributed by atoms with van der Waals surface area (Å²) in [7, 11) is 0. The van der Waals surface area contributed by atoms with Crippen molar-refractivity contribution in [2.45, 2.75) is 38.1 Å². The lowest BCUT2D eigenvalue weighted by molar-refractivity contribution is -0.116. The Morgan fingerprint density at radius 3 is 2.58 bits per heavy atom. The Labute approximate surface area is 156 Å². The zero-order chi connectivity index (χ0) is 18.2. The molecule has 5 heteroatoms. The van der Waals surface area contributed by atoms with Crippen LogP contribution in [0.1, 0.15) is 37.7 Å². The molecule has 1 aliphatic heterocycles. The average Bonchev–Trinajstić information content (AvgIpc) is 2.69. The SMILES string of the molecule is O=C(C=Cc1ccccc1F)NCCN1CCN(C2CCCCC2)CC1. The number of rotatable bonds is 6. The van der Waals surface area contributed by atoms with Crippen LogP contribution in [0.3, 0.4) is 0 Å². The van der Waals surface area contributed by atoms with Gasteiger partial charge in [0.2, 0.25) is 5.91 Å². The molecule has 1 N–H and O–H groups in total. The third-order valence-electron chi connectivity index (χ3n) is 5.54. The second-order valence-corrected chi connectivity index (χ2v) is 7.32. The first kappa shape index (κ1) is 19.1. The van der Waals surface area contributed by atoms with Crippen molar-refractivity contribution in [2.75, 3.05) is 39.3 Å². The van der Waals surface area contributed by atoms with Crippen LogP contribution in [0.15, 0.2) is 30.3 Å². The van der Waals surface area contributed by atoms with Crippen LogP contribution in [0.25, 0.3) is 6.08 Å². The molecule has 2 fully saturated rings. The molecular formula is C21H30FN3O. The summed E-state index contributed by atoms with van der Waals surface area (Å²) in [5.41, 5.74) is 0.432. The lowest BCUT2D eigenvalue weighted by Crippen LogP contribution is -2.51. The van der Waals surface area contributed by atoms with Gasteiger partial charge in [-0.3, -0.25) is 14.6 Å². The standard InChI is InChI=1S/C21H30FN3O/c22-20-9-5-4-6-18(20)10-11-21(26)23-12-13-24-14-16-25(17-15-24)19-7-2-1-3-8-19/h4-6,9-11,19H,1-3,7-8,12-17H2,(H,23,26). The van der Waals surface area contributed by atoms with E-state index in [1.165, 1.54) is 50.3 Å². The van der Waals surface area contributed by atoms with E-state index in [2.05, 4.69) is 15.1 Å². The summed E-state index contributed by atoms with van der Waals surface area (Å²) in [6, 6.07) is 7.25. The van der Waals surface area contributed by atoms with Crippen LogP contribution in [-0.4, -0.2) is 61.0 Å². The first-order chi connectivity index (χ1) is 12.7.